The third-order valence-corrected chi connectivity index (χ3v) is 1.17. The monoisotopic (exact) mass is 189 g/mol. The normalized spacial score (nSPS) is 10.1. The van der Waals surface area contributed by atoms with Gasteiger partial charge in [-0.15, -0.1) is 0 Å². The van der Waals surface area contributed by atoms with E-state index in [2.05, 4.69) is 22.5 Å². The lowest BCUT2D eigenvalue weighted by molar-refractivity contribution is 0.300. The Morgan fingerprint density at radius 3 is 2.15 bits per heavy atom. The highest BCUT2D eigenvalue weighted by molar-refractivity contribution is 5.79. The van der Waals surface area contributed by atoms with Gasteiger partial charge in [-0.1, -0.05) is 20.8 Å². The van der Waals surface area contributed by atoms with Gasteiger partial charge in [0.1, 0.15) is 0 Å². The fraction of sp³-hybridized carbons (Fsp3) is 0.889. The van der Waals surface area contributed by atoms with Crippen LogP contribution in [0.1, 0.15) is 27.2 Å². The number of guanidine groups is 1. The van der Waals surface area contributed by atoms with Crippen LogP contribution in [0.3, 0.4) is 0 Å². The molecule has 0 saturated heterocycles. The Labute approximate surface area is 81.5 Å². The van der Waals surface area contributed by atoms with Crippen molar-refractivity contribution in [3.05, 3.63) is 0 Å². The summed E-state index contributed by atoms with van der Waals surface area (Å²) in [5.41, 5.74) is 0. The average Bonchev–Trinajstić information content (AvgIpc) is 2.21. The van der Waals surface area contributed by atoms with Gasteiger partial charge < -0.3 is 15.7 Å². The summed E-state index contributed by atoms with van der Waals surface area (Å²) in [4.78, 5) is 3.95. The number of rotatable bonds is 4. The molecule has 0 rings (SSSR count). The fourth-order valence-corrected chi connectivity index (χ4v) is 0.638. The van der Waals surface area contributed by atoms with Gasteiger partial charge in [-0.25, -0.2) is 0 Å². The Balaban J connectivity index is 0. The van der Waals surface area contributed by atoms with Crippen molar-refractivity contribution in [3.8, 4) is 0 Å². The van der Waals surface area contributed by atoms with Gasteiger partial charge in [0.15, 0.2) is 5.96 Å². The number of hydrogen-bond acceptors (Lipinski definition) is 2. The molecule has 0 aromatic carbocycles. The minimum absolute atomic E-state index is 0.132. The summed E-state index contributed by atoms with van der Waals surface area (Å²) in [6, 6.07) is 0. The van der Waals surface area contributed by atoms with Gasteiger partial charge in [0.25, 0.3) is 0 Å². The van der Waals surface area contributed by atoms with E-state index >= 15 is 0 Å². The SMILES string of the molecule is CC.CCCNC(=NC)NCCO. The molecule has 80 valence electrons. The third-order valence-electron chi connectivity index (χ3n) is 1.17. The molecule has 0 heterocycles. The molecule has 0 aliphatic carbocycles. The van der Waals surface area contributed by atoms with E-state index < -0.39 is 0 Å². The van der Waals surface area contributed by atoms with Crippen LogP contribution < -0.4 is 10.6 Å². The molecule has 0 aromatic heterocycles. The van der Waals surface area contributed by atoms with Crippen molar-refractivity contribution in [1.82, 2.24) is 10.6 Å². The predicted octanol–water partition coefficient (Wildman–Crippen LogP) is 0.580. The van der Waals surface area contributed by atoms with Crippen LogP contribution in [0, 0.1) is 0 Å². The highest BCUT2D eigenvalue weighted by atomic mass is 16.3. The quantitative estimate of drug-likeness (QED) is 0.448. The molecule has 0 fully saturated rings. The molecule has 0 radical (unpaired) electrons. The minimum Gasteiger partial charge on any atom is -0.395 e. The second-order valence-corrected chi connectivity index (χ2v) is 2.15. The molecule has 13 heavy (non-hydrogen) atoms. The smallest absolute Gasteiger partial charge is 0.191 e. The highest BCUT2D eigenvalue weighted by Crippen LogP contribution is 1.71. The molecule has 0 aliphatic heterocycles. The van der Waals surface area contributed by atoms with Crippen molar-refractivity contribution >= 4 is 5.96 Å². The van der Waals surface area contributed by atoms with E-state index in [-0.39, 0.29) is 6.61 Å². The molecule has 0 spiro atoms. The summed E-state index contributed by atoms with van der Waals surface area (Å²) in [5, 5.41) is 14.5. The van der Waals surface area contributed by atoms with E-state index in [1.54, 1.807) is 7.05 Å². The molecule has 4 nitrogen and oxygen atoms in total. The Bertz CT molecular complexity index is 105. The summed E-state index contributed by atoms with van der Waals surface area (Å²) >= 11 is 0. The second kappa shape index (κ2) is 13.8. The van der Waals surface area contributed by atoms with Crippen molar-refractivity contribution in [2.75, 3.05) is 26.7 Å². The van der Waals surface area contributed by atoms with Crippen molar-refractivity contribution in [2.24, 2.45) is 4.99 Å². The number of aliphatic hydroxyl groups excluding tert-OH is 1. The van der Waals surface area contributed by atoms with Gasteiger partial charge in [-0.2, -0.15) is 0 Å². The number of hydrogen-bond donors (Lipinski definition) is 3. The maximum Gasteiger partial charge on any atom is 0.191 e. The van der Waals surface area contributed by atoms with E-state index in [1.165, 1.54) is 0 Å². The van der Waals surface area contributed by atoms with Gasteiger partial charge in [0, 0.05) is 20.1 Å². The standard InChI is InChI=1S/C7H17N3O.C2H6/c1-3-4-9-7(8-2)10-5-6-11;1-2/h11H,3-6H2,1-2H3,(H2,8,9,10);1-2H3. The van der Waals surface area contributed by atoms with Gasteiger partial charge in [-0.3, -0.25) is 4.99 Å². The molecule has 3 N–H and O–H groups in total. The number of aliphatic imine (C=N–C) groups is 1. The summed E-state index contributed by atoms with van der Waals surface area (Å²) in [6.45, 7) is 7.67. The first-order chi connectivity index (χ1) is 6.35. The van der Waals surface area contributed by atoms with Crippen LogP contribution in [-0.4, -0.2) is 37.8 Å². The lowest BCUT2D eigenvalue weighted by atomic mass is 10.5. The van der Waals surface area contributed by atoms with Crippen LogP contribution in [0.2, 0.25) is 0 Å². The van der Waals surface area contributed by atoms with E-state index in [0.29, 0.717) is 6.54 Å². The topological polar surface area (TPSA) is 56.7 Å². The van der Waals surface area contributed by atoms with Crippen molar-refractivity contribution < 1.29 is 5.11 Å². The summed E-state index contributed by atoms with van der Waals surface area (Å²) in [7, 11) is 1.71. The first kappa shape index (κ1) is 14.7. The zero-order valence-electron chi connectivity index (χ0n) is 9.22. The van der Waals surface area contributed by atoms with Crippen LogP contribution in [0.5, 0.6) is 0 Å². The number of nitrogens with zero attached hydrogens (tertiary/aromatic N) is 1. The van der Waals surface area contributed by atoms with Gasteiger partial charge >= 0.3 is 0 Å². The maximum absolute atomic E-state index is 8.49. The maximum atomic E-state index is 8.49. The van der Waals surface area contributed by atoms with E-state index in [1.807, 2.05) is 13.8 Å². The van der Waals surface area contributed by atoms with Crippen LogP contribution >= 0.6 is 0 Å². The lowest BCUT2D eigenvalue weighted by Gasteiger charge is -2.08. The molecule has 0 bridgehead atoms. The van der Waals surface area contributed by atoms with E-state index in [9.17, 15) is 0 Å². The summed E-state index contributed by atoms with van der Waals surface area (Å²) in [6.07, 6.45) is 1.07. The average molecular weight is 189 g/mol. The van der Waals surface area contributed by atoms with Crippen LogP contribution in [0.25, 0.3) is 0 Å². The first-order valence-electron chi connectivity index (χ1n) is 4.90. The zero-order chi connectivity index (χ0) is 10.5. The van der Waals surface area contributed by atoms with Crippen LogP contribution in [0.15, 0.2) is 4.99 Å². The second-order valence-electron chi connectivity index (χ2n) is 2.15. The van der Waals surface area contributed by atoms with Crippen molar-refractivity contribution in [1.29, 1.82) is 0 Å². The number of aliphatic hydroxyl groups is 1. The molecular formula is C9H23N3O. The van der Waals surface area contributed by atoms with Crippen molar-refractivity contribution in [2.45, 2.75) is 27.2 Å². The minimum atomic E-state index is 0.132. The Hall–Kier alpha value is -0.770. The molecule has 0 atom stereocenters. The Kier molecular flexibility index (Phi) is 15.6. The largest absolute Gasteiger partial charge is 0.395 e. The summed E-state index contributed by atoms with van der Waals surface area (Å²) < 4.78 is 0. The molecule has 0 aliphatic rings. The molecule has 0 aromatic rings. The third kappa shape index (κ3) is 11.2. The Morgan fingerprint density at radius 2 is 1.77 bits per heavy atom. The van der Waals surface area contributed by atoms with Crippen LogP contribution in [-0.2, 0) is 0 Å². The first-order valence-corrected chi connectivity index (χ1v) is 4.90. The number of nitrogens with one attached hydrogen (secondary N) is 2. The van der Waals surface area contributed by atoms with Crippen molar-refractivity contribution in [3.63, 3.8) is 0 Å². The molecule has 0 amide bonds. The van der Waals surface area contributed by atoms with Gasteiger partial charge in [0.05, 0.1) is 6.61 Å². The van der Waals surface area contributed by atoms with E-state index in [0.717, 1.165) is 18.9 Å². The summed E-state index contributed by atoms with van der Waals surface area (Å²) in [5.74, 6) is 0.751. The zero-order valence-corrected chi connectivity index (χ0v) is 9.22. The molecule has 0 saturated carbocycles. The highest BCUT2D eigenvalue weighted by Gasteiger charge is 1.91. The lowest BCUT2D eigenvalue weighted by Crippen LogP contribution is -2.38. The molecular weight excluding hydrogens is 166 g/mol. The van der Waals surface area contributed by atoms with E-state index in [4.69, 9.17) is 5.11 Å². The molecule has 0 unspecified atom stereocenters. The van der Waals surface area contributed by atoms with Gasteiger partial charge in [0.2, 0.25) is 0 Å². The van der Waals surface area contributed by atoms with Crippen LogP contribution in [0.4, 0.5) is 0 Å². The molecule has 4 heteroatoms. The predicted molar refractivity (Wildman–Crippen MR) is 58.1 cm³/mol. The van der Waals surface area contributed by atoms with Gasteiger partial charge in [-0.05, 0) is 6.42 Å². The fourth-order valence-electron chi connectivity index (χ4n) is 0.638. The Morgan fingerprint density at radius 1 is 1.23 bits per heavy atom.